The Morgan fingerprint density at radius 1 is 1.50 bits per heavy atom. The van der Waals surface area contributed by atoms with Crippen molar-refractivity contribution in [2.75, 3.05) is 13.2 Å². The van der Waals surface area contributed by atoms with Gasteiger partial charge in [-0.25, -0.2) is 8.42 Å². The van der Waals surface area contributed by atoms with Crippen LogP contribution in [-0.2, 0) is 10.0 Å². The number of hydrogen-bond donors (Lipinski definition) is 1. The molecule has 0 amide bonds. The number of sulfonamides is 1. The Morgan fingerprint density at radius 3 is 2.62 bits per heavy atom. The maximum atomic E-state index is 12.1. The smallest absolute Gasteiger partial charge is 0.244 e. The molecule has 5 nitrogen and oxygen atoms in total. The van der Waals surface area contributed by atoms with E-state index in [0.29, 0.717) is 0 Å². The fourth-order valence-corrected chi connectivity index (χ4v) is 2.98. The Balaban J connectivity index is 3.09. The van der Waals surface area contributed by atoms with Gasteiger partial charge < -0.3 is 5.11 Å². The lowest BCUT2D eigenvalue weighted by Crippen LogP contribution is -2.38. The highest BCUT2D eigenvalue weighted by Gasteiger charge is 2.26. The summed E-state index contributed by atoms with van der Waals surface area (Å²) in [5.74, 6) is 0. The second kappa shape index (κ2) is 5.38. The van der Waals surface area contributed by atoms with Gasteiger partial charge in [0.2, 0.25) is 10.0 Å². The summed E-state index contributed by atoms with van der Waals surface area (Å²) in [6.07, 6.45) is 2.83. The molecule has 0 aliphatic heterocycles. The molecule has 0 atom stereocenters. The number of rotatable bonds is 5. The number of nitrogens with zero attached hydrogens (tertiary/aromatic N) is 2. The van der Waals surface area contributed by atoms with Crippen LogP contribution in [-0.4, -0.2) is 42.0 Å². The zero-order chi connectivity index (χ0) is 12.2. The molecule has 0 aliphatic rings. The molecule has 1 aromatic heterocycles. The minimum atomic E-state index is -3.55. The third kappa shape index (κ3) is 2.78. The molecule has 90 valence electrons. The molecule has 0 aliphatic carbocycles. The van der Waals surface area contributed by atoms with Crippen molar-refractivity contribution in [2.24, 2.45) is 0 Å². The molecule has 1 N–H and O–H groups in total. The lowest BCUT2D eigenvalue weighted by Gasteiger charge is -2.24. The second-order valence-corrected chi connectivity index (χ2v) is 5.51. The summed E-state index contributed by atoms with van der Waals surface area (Å²) in [5.41, 5.74) is 0. The summed E-state index contributed by atoms with van der Waals surface area (Å²) in [5, 5.41) is 8.87. The van der Waals surface area contributed by atoms with Crippen LogP contribution in [0, 0.1) is 0 Å². The first-order chi connectivity index (χ1) is 7.50. The molecule has 0 bridgehead atoms. The Hall–Kier alpha value is -0.980. The minimum Gasteiger partial charge on any atom is -0.395 e. The molecule has 1 rings (SSSR count). The first kappa shape index (κ1) is 13.1. The molecule has 0 saturated carbocycles. The molecule has 1 aromatic rings. The van der Waals surface area contributed by atoms with Gasteiger partial charge in [-0.1, -0.05) is 0 Å². The van der Waals surface area contributed by atoms with Crippen molar-refractivity contribution in [2.45, 2.75) is 24.8 Å². The predicted molar refractivity (Wildman–Crippen MR) is 60.4 cm³/mol. The van der Waals surface area contributed by atoms with Crippen LogP contribution < -0.4 is 0 Å². The van der Waals surface area contributed by atoms with E-state index in [1.165, 1.54) is 22.8 Å². The number of aromatic nitrogens is 1. The van der Waals surface area contributed by atoms with Crippen LogP contribution in [0.25, 0.3) is 0 Å². The Bertz CT molecular complexity index is 417. The number of pyridine rings is 1. The highest BCUT2D eigenvalue weighted by molar-refractivity contribution is 7.89. The van der Waals surface area contributed by atoms with Gasteiger partial charge in [0.25, 0.3) is 0 Å². The van der Waals surface area contributed by atoms with Crippen molar-refractivity contribution in [3.63, 3.8) is 0 Å². The molecule has 0 fully saturated rings. The van der Waals surface area contributed by atoms with Crippen molar-refractivity contribution < 1.29 is 13.5 Å². The van der Waals surface area contributed by atoms with Gasteiger partial charge in [0.1, 0.15) is 4.90 Å². The first-order valence-electron chi connectivity index (χ1n) is 5.03. The highest BCUT2D eigenvalue weighted by atomic mass is 32.2. The van der Waals surface area contributed by atoms with Gasteiger partial charge in [-0.15, -0.1) is 0 Å². The van der Waals surface area contributed by atoms with E-state index >= 15 is 0 Å². The summed E-state index contributed by atoms with van der Waals surface area (Å²) in [6, 6.07) is 2.87. The average molecular weight is 244 g/mol. The normalized spacial score (nSPS) is 12.3. The summed E-state index contributed by atoms with van der Waals surface area (Å²) >= 11 is 0. The number of aliphatic hydroxyl groups excluding tert-OH is 1. The van der Waals surface area contributed by atoms with Crippen molar-refractivity contribution in [1.82, 2.24) is 9.29 Å². The second-order valence-electron chi connectivity index (χ2n) is 3.62. The summed E-state index contributed by atoms with van der Waals surface area (Å²) in [7, 11) is -3.55. The molecular formula is C10H16N2O3S. The first-order valence-corrected chi connectivity index (χ1v) is 6.47. The van der Waals surface area contributed by atoms with Crippen LogP contribution >= 0.6 is 0 Å². The van der Waals surface area contributed by atoms with E-state index < -0.39 is 10.0 Å². The van der Waals surface area contributed by atoms with Gasteiger partial charge in [-0.2, -0.15) is 4.31 Å². The molecule has 1 heterocycles. The van der Waals surface area contributed by atoms with Gasteiger partial charge in [-0.05, 0) is 26.0 Å². The Morgan fingerprint density at radius 2 is 2.19 bits per heavy atom. The quantitative estimate of drug-likeness (QED) is 0.817. The third-order valence-electron chi connectivity index (χ3n) is 2.14. The van der Waals surface area contributed by atoms with E-state index in [4.69, 9.17) is 5.11 Å². The van der Waals surface area contributed by atoms with Crippen molar-refractivity contribution in [3.05, 3.63) is 24.5 Å². The third-order valence-corrected chi connectivity index (χ3v) is 4.20. The standard InChI is InChI=1S/C10H16N2O3S/c1-9(2)12(6-7-13)16(14,15)10-4-3-5-11-8-10/h3-5,8-9,13H,6-7H2,1-2H3. The highest BCUT2D eigenvalue weighted by Crippen LogP contribution is 2.16. The largest absolute Gasteiger partial charge is 0.395 e. The maximum absolute atomic E-state index is 12.1. The van der Waals surface area contributed by atoms with Crippen molar-refractivity contribution in [1.29, 1.82) is 0 Å². The Labute approximate surface area is 95.8 Å². The van der Waals surface area contributed by atoms with Gasteiger partial charge >= 0.3 is 0 Å². The SMILES string of the molecule is CC(C)N(CCO)S(=O)(=O)c1cccnc1. The monoisotopic (exact) mass is 244 g/mol. The fourth-order valence-electron chi connectivity index (χ4n) is 1.39. The summed E-state index contributed by atoms with van der Waals surface area (Å²) < 4.78 is 25.5. The van der Waals surface area contributed by atoms with E-state index in [0.717, 1.165) is 0 Å². The number of hydrogen-bond acceptors (Lipinski definition) is 4. The van der Waals surface area contributed by atoms with Crippen LogP contribution in [0.3, 0.4) is 0 Å². The average Bonchev–Trinajstić information content (AvgIpc) is 2.26. The summed E-state index contributed by atoms with van der Waals surface area (Å²) in [6.45, 7) is 3.43. The van der Waals surface area contributed by atoms with E-state index in [1.807, 2.05) is 0 Å². The Kier molecular flexibility index (Phi) is 4.40. The van der Waals surface area contributed by atoms with Gasteiger partial charge in [0, 0.05) is 25.0 Å². The van der Waals surface area contributed by atoms with E-state index in [2.05, 4.69) is 4.98 Å². The molecule has 0 spiro atoms. The molecule has 0 radical (unpaired) electrons. The van der Waals surface area contributed by atoms with Gasteiger partial charge in [0.15, 0.2) is 0 Å². The molecule has 16 heavy (non-hydrogen) atoms. The van der Waals surface area contributed by atoms with E-state index in [9.17, 15) is 8.42 Å². The number of aliphatic hydroxyl groups is 1. The van der Waals surface area contributed by atoms with Crippen LogP contribution in [0.4, 0.5) is 0 Å². The van der Waals surface area contributed by atoms with Crippen LogP contribution in [0.2, 0.25) is 0 Å². The van der Waals surface area contributed by atoms with Crippen LogP contribution in [0.1, 0.15) is 13.8 Å². The van der Waals surface area contributed by atoms with Crippen molar-refractivity contribution >= 4 is 10.0 Å². The van der Waals surface area contributed by atoms with E-state index in [-0.39, 0.29) is 24.1 Å². The lowest BCUT2D eigenvalue weighted by atomic mass is 10.4. The van der Waals surface area contributed by atoms with E-state index in [1.54, 1.807) is 19.9 Å². The molecule has 0 aromatic carbocycles. The maximum Gasteiger partial charge on any atom is 0.244 e. The molecule has 0 unspecified atom stereocenters. The predicted octanol–water partition coefficient (Wildman–Crippen LogP) is 0.473. The van der Waals surface area contributed by atoms with Gasteiger partial charge in [-0.3, -0.25) is 4.98 Å². The zero-order valence-corrected chi connectivity index (χ0v) is 10.2. The molecule has 0 saturated heterocycles. The summed E-state index contributed by atoms with van der Waals surface area (Å²) in [4.78, 5) is 3.93. The van der Waals surface area contributed by atoms with Crippen LogP contribution in [0.5, 0.6) is 0 Å². The van der Waals surface area contributed by atoms with Crippen LogP contribution in [0.15, 0.2) is 29.4 Å². The minimum absolute atomic E-state index is 0.0922. The topological polar surface area (TPSA) is 70.5 Å². The zero-order valence-electron chi connectivity index (χ0n) is 9.37. The molecular weight excluding hydrogens is 228 g/mol. The lowest BCUT2D eigenvalue weighted by molar-refractivity contribution is 0.236. The van der Waals surface area contributed by atoms with Gasteiger partial charge in [0.05, 0.1) is 6.61 Å². The van der Waals surface area contributed by atoms with Crippen molar-refractivity contribution in [3.8, 4) is 0 Å². The fraction of sp³-hybridized carbons (Fsp3) is 0.500. The molecule has 6 heteroatoms.